The quantitative estimate of drug-likeness (QED) is 0.788. The zero-order valence-electron chi connectivity index (χ0n) is 13.7. The van der Waals surface area contributed by atoms with Crippen LogP contribution < -0.4 is 4.74 Å². The van der Waals surface area contributed by atoms with Crippen molar-refractivity contribution in [3.63, 3.8) is 0 Å². The second-order valence-electron chi connectivity index (χ2n) is 5.85. The highest BCUT2D eigenvalue weighted by molar-refractivity contribution is 8.17. The van der Waals surface area contributed by atoms with Gasteiger partial charge in [0.05, 0.1) is 12.1 Å². The molecular weight excluding hydrogens is 359 g/mol. The number of alkyl halides is 1. The van der Waals surface area contributed by atoms with Crippen LogP contribution in [0.5, 0.6) is 6.08 Å². The molecule has 1 atom stereocenters. The van der Waals surface area contributed by atoms with Gasteiger partial charge in [-0.05, 0) is 24.3 Å². The molecule has 134 valence electrons. The summed E-state index contributed by atoms with van der Waals surface area (Å²) in [5.74, 6) is 0.188. The number of amides is 1. The minimum atomic E-state index is -1.03. The third kappa shape index (κ3) is 3.62. The predicted octanol–water partition coefficient (Wildman–Crippen LogP) is 3.50. The predicted molar refractivity (Wildman–Crippen MR) is 95.4 cm³/mol. The third-order valence-corrected chi connectivity index (χ3v) is 4.85. The van der Waals surface area contributed by atoms with Gasteiger partial charge in [0.2, 0.25) is 0 Å². The number of halogens is 1. The topological polar surface area (TPSA) is 80.8 Å². The number of fused-ring (bicyclic) bond motifs is 1. The zero-order valence-corrected chi connectivity index (χ0v) is 14.5. The first-order chi connectivity index (χ1) is 12.7. The summed E-state index contributed by atoms with van der Waals surface area (Å²) in [6.07, 6.45) is 8.31. The SMILES string of the molecule is O=C(Oc1nnc(C2=CN=C3SC=CC=C3C=C2)o1)N1CCCC(F)C1. The monoisotopic (exact) mass is 374 g/mol. The van der Waals surface area contributed by atoms with E-state index in [1.807, 2.05) is 23.6 Å². The van der Waals surface area contributed by atoms with E-state index < -0.39 is 12.3 Å². The summed E-state index contributed by atoms with van der Waals surface area (Å²) >= 11 is 1.52. The first-order valence-corrected chi connectivity index (χ1v) is 9.01. The molecule has 1 aromatic heterocycles. The fraction of sp³-hybridized carbons (Fsp3) is 0.294. The lowest BCUT2D eigenvalue weighted by atomic mass is 10.1. The summed E-state index contributed by atoms with van der Waals surface area (Å²) in [6, 6.07) is 0. The van der Waals surface area contributed by atoms with Gasteiger partial charge in [-0.2, -0.15) is 0 Å². The molecule has 1 saturated heterocycles. The highest BCUT2D eigenvalue weighted by Crippen LogP contribution is 2.27. The fourth-order valence-electron chi connectivity index (χ4n) is 2.69. The van der Waals surface area contributed by atoms with Crippen molar-refractivity contribution in [2.24, 2.45) is 4.99 Å². The number of aromatic nitrogens is 2. The van der Waals surface area contributed by atoms with Crippen LogP contribution in [0.15, 0.2) is 50.9 Å². The molecule has 9 heteroatoms. The van der Waals surface area contributed by atoms with Crippen LogP contribution in [0.2, 0.25) is 0 Å². The van der Waals surface area contributed by atoms with Gasteiger partial charge in [0.15, 0.2) is 0 Å². The van der Waals surface area contributed by atoms with Gasteiger partial charge >= 0.3 is 12.2 Å². The van der Waals surface area contributed by atoms with Gasteiger partial charge in [0, 0.05) is 18.3 Å². The minimum Gasteiger partial charge on any atom is -0.388 e. The third-order valence-electron chi connectivity index (χ3n) is 3.99. The Hall–Kier alpha value is -2.68. The average Bonchev–Trinajstić information content (AvgIpc) is 3.00. The van der Waals surface area contributed by atoms with E-state index in [0.717, 1.165) is 10.6 Å². The van der Waals surface area contributed by atoms with Gasteiger partial charge < -0.3 is 14.1 Å². The molecule has 1 amide bonds. The highest BCUT2D eigenvalue weighted by Gasteiger charge is 2.26. The minimum absolute atomic E-state index is 0.0199. The molecule has 1 aromatic rings. The van der Waals surface area contributed by atoms with Gasteiger partial charge in [-0.15, -0.1) is 5.10 Å². The van der Waals surface area contributed by atoms with Gasteiger partial charge in [0.25, 0.3) is 5.89 Å². The number of piperidine rings is 1. The summed E-state index contributed by atoms with van der Waals surface area (Å²) in [5.41, 5.74) is 1.59. The van der Waals surface area contributed by atoms with E-state index in [-0.39, 0.29) is 18.5 Å². The number of allylic oxidation sites excluding steroid dienone is 5. The number of carbonyl (C=O) groups is 1. The summed E-state index contributed by atoms with van der Waals surface area (Å²) in [6.45, 7) is 0.471. The average molecular weight is 374 g/mol. The van der Waals surface area contributed by atoms with Crippen LogP contribution in [0.25, 0.3) is 5.57 Å². The number of aliphatic imine (C=N–C) groups is 1. The lowest BCUT2D eigenvalue weighted by molar-refractivity contribution is 0.103. The van der Waals surface area contributed by atoms with Crippen molar-refractivity contribution in [3.05, 3.63) is 47.4 Å². The molecule has 3 aliphatic rings. The van der Waals surface area contributed by atoms with Crippen LogP contribution >= 0.6 is 11.8 Å². The summed E-state index contributed by atoms with van der Waals surface area (Å²) in [4.78, 5) is 17.8. The normalized spacial score (nSPS) is 22.1. The summed E-state index contributed by atoms with van der Waals surface area (Å²) < 4.78 is 23.9. The van der Waals surface area contributed by atoms with E-state index in [1.54, 1.807) is 12.3 Å². The first-order valence-electron chi connectivity index (χ1n) is 8.13. The van der Waals surface area contributed by atoms with Crippen molar-refractivity contribution in [1.29, 1.82) is 0 Å². The second-order valence-corrected chi connectivity index (χ2v) is 6.74. The van der Waals surface area contributed by atoms with E-state index in [2.05, 4.69) is 15.2 Å². The molecule has 1 fully saturated rings. The number of carbonyl (C=O) groups excluding carboxylic acids is 1. The Morgan fingerprint density at radius 2 is 2.23 bits per heavy atom. The van der Waals surface area contributed by atoms with Crippen molar-refractivity contribution in [2.75, 3.05) is 13.1 Å². The molecule has 1 unspecified atom stereocenters. The lowest BCUT2D eigenvalue weighted by Gasteiger charge is -2.27. The van der Waals surface area contributed by atoms with Crippen LogP contribution in [-0.4, -0.2) is 45.5 Å². The van der Waals surface area contributed by atoms with E-state index in [0.29, 0.717) is 25.0 Å². The number of hydrogen-bond donors (Lipinski definition) is 0. The fourth-order valence-corrected chi connectivity index (χ4v) is 3.36. The smallest absolute Gasteiger partial charge is 0.388 e. The molecule has 4 rings (SSSR count). The molecule has 26 heavy (non-hydrogen) atoms. The Labute approximate surface area is 153 Å². The Balaban J connectivity index is 1.46. The Morgan fingerprint density at radius 3 is 3.12 bits per heavy atom. The molecule has 4 heterocycles. The second kappa shape index (κ2) is 7.28. The molecule has 0 spiro atoms. The van der Waals surface area contributed by atoms with Gasteiger partial charge in [-0.25, -0.2) is 14.2 Å². The molecule has 0 aromatic carbocycles. The Morgan fingerprint density at radius 1 is 1.35 bits per heavy atom. The van der Waals surface area contributed by atoms with Gasteiger partial charge in [-0.3, -0.25) is 0 Å². The maximum absolute atomic E-state index is 13.4. The van der Waals surface area contributed by atoms with Crippen molar-refractivity contribution < 1.29 is 18.3 Å². The van der Waals surface area contributed by atoms with Crippen molar-refractivity contribution in [3.8, 4) is 6.08 Å². The van der Waals surface area contributed by atoms with Crippen molar-refractivity contribution in [1.82, 2.24) is 15.1 Å². The van der Waals surface area contributed by atoms with E-state index in [4.69, 9.17) is 9.15 Å². The van der Waals surface area contributed by atoms with Crippen LogP contribution in [0.3, 0.4) is 0 Å². The molecular formula is C17H15FN4O3S. The Kier molecular flexibility index (Phi) is 4.70. The first kappa shape index (κ1) is 16.8. The van der Waals surface area contributed by atoms with Crippen molar-refractivity contribution >= 4 is 28.5 Å². The van der Waals surface area contributed by atoms with Gasteiger partial charge in [0.1, 0.15) is 11.2 Å². The summed E-state index contributed by atoms with van der Waals surface area (Å²) in [7, 11) is 0. The molecule has 0 saturated carbocycles. The molecule has 0 aliphatic carbocycles. The molecule has 0 N–H and O–H groups in total. The number of likely N-dealkylation sites (tertiary alicyclic amines) is 1. The number of ether oxygens (including phenoxy) is 1. The van der Waals surface area contributed by atoms with Crippen LogP contribution in [-0.2, 0) is 0 Å². The number of thioether (sulfide) groups is 1. The van der Waals surface area contributed by atoms with Crippen molar-refractivity contribution in [2.45, 2.75) is 19.0 Å². The number of rotatable bonds is 2. The molecule has 3 aliphatic heterocycles. The maximum atomic E-state index is 13.4. The standard InChI is InChI=1S/C17H15FN4O3S/c18-13-4-1-7-22(10-13)17(23)25-16-21-20-14(24-16)12-6-5-11-3-2-8-26-15(11)19-9-12/h2-3,5-6,8-9,13H,1,4,7,10H2. The molecule has 7 nitrogen and oxygen atoms in total. The van der Waals surface area contributed by atoms with E-state index in [1.165, 1.54) is 16.7 Å². The molecule has 0 bridgehead atoms. The van der Waals surface area contributed by atoms with Crippen LogP contribution in [0.4, 0.5) is 9.18 Å². The molecule has 0 radical (unpaired) electrons. The van der Waals surface area contributed by atoms with Crippen LogP contribution in [0, 0.1) is 0 Å². The number of hydrogen-bond acceptors (Lipinski definition) is 7. The van der Waals surface area contributed by atoms with E-state index >= 15 is 0 Å². The van der Waals surface area contributed by atoms with E-state index in [9.17, 15) is 9.18 Å². The Bertz CT molecular complexity index is 871. The largest absolute Gasteiger partial charge is 0.424 e. The highest BCUT2D eigenvalue weighted by atomic mass is 32.2. The maximum Gasteiger partial charge on any atom is 0.424 e. The zero-order chi connectivity index (χ0) is 17.9. The summed E-state index contributed by atoms with van der Waals surface area (Å²) in [5, 5.41) is 10.4. The number of nitrogens with zero attached hydrogens (tertiary/aromatic N) is 4. The van der Waals surface area contributed by atoms with Crippen LogP contribution in [0.1, 0.15) is 18.7 Å². The lowest BCUT2D eigenvalue weighted by Crippen LogP contribution is -2.42. The van der Waals surface area contributed by atoms with Gasteiger partial charge in [-0.1, -0.05) is 35.1 Å².